The molecule has 2 aliphatic rings. The van der Waals surface area contributed by atoms with Crippen LogP contribution in [0.5, 0.6) is 0 Å². The number of nitrogens with zero attached hydrogens (tertiary/aromatic N) is 4. The molecule has 5 nitrogen and oxygen atoms in total. The van der Waals surface area contributed by atoms with Gasteiger partial charge in [-0.05, 0) is 44.5 Å². The standard InChI is InChI=1S/C15H25N5/c1-2-7-16-11-13-5-6-15(18-17-13)20-10-9-19-8-3-4-14(19)12-20/h5-6,14,16H,2-4,7-12H2,1H3. The maximum atomic E-state index is 4.41. The van der Waals surface area contributed by atoms with E-state index in [0.717, 1.165) is 50.2 Å². The molecule has 1 unspecified atom stereocenters. The highest BCUT2D eigenvalue weighted by atomic mass is 15.3. The van der Waals surface area contributed by atoms with Crippen molar-refractivity contribution < 1.29 is 0 Å². The van der Waals surface area contributed by atoms with Crippen LogP contribution in [-0.4, -0.2) is 53.9 Å². The van der Waals surface area contributed by atoms with E-state index < -0.39 is 0 Å². The van der Waals surface area contributed by atoms with Gasteiger partial charge >= 0.3 is 0 Å². The van der Waals surface area contributed by atoms with Crippen molar-refractivity contribution >= 4 is 5.82 Å². The highest BCUT2D eigenvalue weighted by molar-refractivity contribution is 5.38. The summed E-state index contributed by atoms with van der Waals surface area (Å²) in [6.45, 7) is 8.67. The Kier molecular flexibility index (Phi) is 4.47. The lowest BCUT2D eigenvalue weighted by atomic mass is 10.1. The molecule has 110 valence electrons. The molecule has 20 heavy (non-hydrogen) atoms. The highest BCUT2D eigenvalue weighted by Gasteiger charge is 2.30. The SMILES string of the molecule is CCCNCc1ccc(N2CCN3CCCC3C2)nn1. The third-order valence-corrected chi connectivity index (χ3v) is 4.35. The average molecular weight is 275 g/mol. The monoisotopic (exact) mass is 275 g/mol. The molecule has 0 spiro atoms. The molecule has 0 amide bonds. The smallest absolute Gasteiger partial charge is 0.151 e. The Morgan fingerprint density at radius 1 is 1.25 bits per heavy atom. The molecule has 0 bridgehead atoms. The molecule has 0 radical (unpaired) electrons. The zero-order chi connectivity index (χ0) is 13.8. The van der Waals surface area contributed by atoms with Crippen molar-refractivity contribution in [2.24, 2.45) is 0 Å². The largest absolute Gasteiger partial charge is 0.352 e. The fourth-order valence-corrected chi connectivity index (χ4v) is 3.21. The lowest BCUT2D eigenvalue weighted by molar-refractivity contribution is 0.230. The van der Waals surface area contributed by atoms with Crippen LogP contribution in [0.15, 0.2) is 12.1 Å². The van der Waals surface area contributed by atoms with Crippen LogP contribution < -0.4 is 10.2 Å². The summed E-state index contributed by atoms with van der Waals surface area (Å²) in [6.07, 6.45) is 3.84. The molecule has 3 heterocycles. The number of nitrogens with one attached hydrogen (secondary N) is 1. The average Bonchev–Trinajstić information content (AvgIpc) is 2.96. The third kappa shape index (κ3) is 3.10. The van der Waals surface area contributed by atoms with E-state index >= 15 is 0 Å². The summed E-state index contributed by atoms with van der Waals surface area (Å²) in [5.41, 5.74) is 1.03. The molecule has 1 atom stereocenters. The second kappa shape index (κ2) is 6.50. The molecule has 0 aromatic carbocycles. The van der Waals surface area contributed by atoms with Crippen molar-refractivity contribution in [3.05, 3.63) is 17.8 Å². The molecule has 1 aromatic heterocycles. The molecule has 2 fully saturated rings. The van der Waals surface area contributed by atoms with E-state index in [4.69, 9.17) is 0 Å². The summed E-state index contributed by atoms with van der Waals surface area (Å²) in [6, 6.07) is 4.96. The van der Waals surface area contributed by atoms with Gasteiger partial charge in [-0.1, -0.05) is 6.92 Å². The van der Waals surface area contributed by atoms with Crippen molar-refractivity contribution in [2.75, 3.05) is 37.6 Å². The van der Waals surface area contributed by atoms with Gasteiger partial charge in [0.2, 0.25) is 0 Å². The first kappa shape index (κ1) is 13.8. The zero-order valence-corrected chi connectivity index (χ0v) is 12.4. The number of aromatic nitrogens is 2. The first-order valence-electron chi connectivity index (χ1n) is 7.89. The highest BCUT2D eigenvalue weighted by Crippen LogP contribution is 2.23. The summed E-state index contributed by atoms with van der Waals surface area (Å²) in [7, 11) is 0. The minimum absolute atomic E-state index is 0.733. The third-order valence-electron chi connectivity index (χ3n) is 4.35. The predicted molar refractivity (Wildman–Crippen MR) is 80.8 cm³/mol. The molecule has 0 saturated carbocycles. The van der Waals surface area contributed by atoms with E-state index in [1.807, 2.05) is 0 Å². The van der Waals surface area contributed by atoms with Gasteiger partial charge in [0, 0.05) is 32.2 Å². The second-order valence-electron chi connectivity index (χ2n) is 5.84. The Balaban J connectivity index is 1.57. The van der Waals surface area contributed by atoms with Crippen LogP contribution in [-0.2, 0) is 6.54 Å². The maximum absolute atomic E-state index is 4.41. The van der Waals surface area contributed by atoms with Gasteiger partial charge in [0.1, 0.15) is 0 Å². The van der Waals surface area contributed by atoms with Crippen molar-refractivity contribution in [3.63, 3.8) is 0 Å². The molecule has 5 heteroatoms. The minimum Gasteiger partial charge on any atom is -0.352 e. The molecule has 2 saturated heterocycles. The number of piperazine rings is 1. The van der Waals surface area contributed by atoms with Crippen molar-refractivity contribution in [1.29, 1.82) is 0 Å². The Bertz CT molecular complexity index is 419. The van der Waals surface area contributed by atoms with Crippen LogP contribution in [0.2, 0.25) is 0 Å². The number of anilines is 1. The Hall–Kier alpha value is -1.20. The summed E-state index contributed by atoms with van der Waals surface area (Å²) in [4.78, 5) is 5.01. The van der Waals surface area contributed by atoms with E-state index in [1.54, 1.807) is 0 Å². The van der Waals surface area contributed by atoms with Crippen molar-refractivity contribution in [3.8, 4) is 0 Å². The quantitative estimate of drug-likeness (QED) is 0.820. The summed E-state index contributed by atoms with van der Waals surface area (Å²) in [5, 5.41) is 12.1. The van der Waals surface area contributed by atoms with Gasteiger partial charge in [-0.15, -0.1) is 5.10 Å². The van der Waals surface area contributed by atoms with E-state index in [2.05, 4.69) is 44.4 Å². The number of rotatable bonds is 5. The molecule has 1 N–H and O–H groups in total. The fraction of sp³-hybridized carbons (Fsp3) is 0.733. The number of hydrogen-bond acceptors (Lipinski definition) is 5. The maximum Gasteiger partial charge on any atom is 0.151 e. The van der Waals surface area contributed by atoms with Gasteiger partial charge in [0.25, 0.3) is 0 Å². The van der Waals surface area contributed by atoms with Gasteiger partial charge < -0.3 is 10.2 Å². The fourth-order valence-electron chi connectivity index (χ4n) is 3.21. The molecule has 3 rings (SSSR count). The van der Waals surface area contributed by atoms with Crippen LogP contribution in [0.4, 0.5) is 5.82 Å². The molecule has 2 aliphatic heterocycles. The first-order valence-corrected chi connectivity index (χ1v) is 7.89. The Morgan fingerprint density at radius 2 is 2.20 bits per heavy atom. The summed E-state index contributed by atoms with van der Waals surface area (Å²) >= 11 is 0. The molecular formula is C15H25N5. The van der Waals surface area contributed by atoms with Crippen LogP contribution in [0, 0.1) is 0 Å². The lowest BCUT2D eigenvalue weighted by Crippen LogP contribution is -2.50. The lowest BCUT2D eigenvalue weighted by Gasteiger charge is -2.37. The van der Waals surface area contributed by atoms with Gasteiger partial charge in [0.05, 0.1) is 5.69 Å². The predicted octanol–water partition coefficient (Wildman–Crippen LogP) is 1.26. The first-order chi connectivity index (χ1) is 9.86. The molecular weight excluding hydrogens is 250 g/mol. The zero-order valence-electron chi connectivity index (χ0n) is 12.4. The number of fused-ring (bicyclic) bond motifs is 1. The second-order valence-corrected chi connectivity index (χ2v) is 5.84. The van der Waals surface area contributed by atoms with Crippen LogP contribution >= 0.6 is 0 Å². The van der Waals surface area contributed by atoms with Crippen LogP contribution in [0.1, 0.15) is 31.9 Å². The van der Waals surface area contributed by atoms with E-state index in [0.29, 0.717) is 0 Å². The van der Waals surface area contributed by atoms with Gasteiger partial charge in [-0.3, -0.25) is 4.90 Å². The molecule has 1 aromatic rings. The normalized spacial score (nSPS) is 23.1. The Morgan fingerprint density at radius 3 is 3.00 bits per heavy atom. The topological polar surface area (TPSA) is 44.3 Å². The van der Waals surface area contributed by atoms with Crippen molar-refractivity contribution in [2.45, 2.75) is 38.8 Å². The van der Waals surface area contributed by atoms with Crippen LogP contribution in [0.3, 0.4) is 0 Å². The van der Waals surface area contributed by atoms with Crippen LogP contribution in [0.25, 0.3) is 0 Å². The van der Waals surface area contributed by atoms with E-state index in [1.165, 1.54) is 25.9 Å². The Labute approximate surface area is 121 Å². The van der Waals surface area contributed by atoms with Crippen molar-refractivity contribution in [1.82, 2.24) is 20.4 Å². The molecule has 0 aliphatic carbocycles. The van der Waals surface area contributed by atoms with E-state index in [-0.39, 0.29) is 0 Å². The summed E-state index contributed by atoms with van der Waals surface area (Å²) in [5.74, 6) is 1.04. The number of hydrogen-bond donors (Lipinski definition) is 1. The summed E-state index contributed by atoms with van der Waals surface area (Å²) < 4.78 is 0. The minimum atomic E-state index is 0.733. The van der Waals surface area contributed by atoms with Gasteiger partial charge in [-0.2, -0.15) is 5.10 Å². The van der Waals surface area contributed by atoms with Gasteiger partial charge in [-0.25, -0.2) is 0 Å². The van der Waals surface area contributed by atoms with Gasteiger partial charge in [0.15, 0.2) is 5.82 Å². The van der Waals surface area contributed by atoms with E-state index in [9.17, 15) is 0 Å².